The topological polar surface area (TPSA) is 190 Å². The van der Waals surface area contributed by atoms with Crippen molar-refractivity contribution in [2.45, 2.75) is 0 Å². The lowest BCUT2D eigenvalue weighted by Crippen LogP contribution is -2.05. The summed E-state index contributed by atoms with van der Waals surface area (Å²) in [7, 11) is 0. The molecule has 26 heavy (non-hydrogen) atoms. The molecule has 0 atom stereocenters. The van der Waals surface area contributed by atoms with Gasteiger partial charge in [0, 0.05) is 34.9 Å². The second kappa shape index (κ2) is 5.37. The van der Waals surface area contributed by atoms with E-state index >= 15 is 0 Å². The first-order chi connectivity index (χ1) is 12.1. The molecule has 130 valence electrons. The molecular formula is C13H4N4O9. The minimum atomic E-state index is -1.36. The number of hydrogen-bond donors (Lipinski definition) is 0. The maximum Gasteiger partial charge on any atom is 0.423 e. The van der Waals surface area contributed by atoms with Gasteiger partial charge in [0.25, 0.3) is 5.69 Å². The van der Waals surface area contributed by atoms with Crippen molar-refractivity contribution in [3.63, 3.8) is 0 Å². The smallest absolute Gasteiger partial charge is 0.289 e. The van der Waals surface area contributed by atoms with E-state index in [1.54, 1.807) is 0 Å². The van der Waals surface area contributed by atoms with Crippen LogP contribution < -0.4 is 0 Å². The fourth-order valence-corrected chi connectivity index (χ4v) is 2.79. The molecule has 0 saturated carbocycles. The Morgan fingerprint density at radius 1 is 0.654 bits per heavy atom. The van der Waals surface area contributed by atoms with Crippen molar-refractivity contribution in [3.05, 3.63) is 75.8 Å². The predicted octanol–water partition coefficient (Wildman–Crippen LogP) is 2.53. The molecule has 0 bridgehead atoms. The molecule has 0 heterocycles. The summed E-state index contributed by atoms with van der Waals surface area (Å²) in [5.41, 5.74) is -5.66. The quantitative estimate of drug-likeness (QED) is 0.496. The highest BCUT2D eigenvalue weighted by Gasteiger charge is 2.46. The van der Waals surface area contributed by atoms with E-state index < -0.39 is 59.4 Å². The van der Waals surface area contributed by atoms with Crippen LogP contribution in [0.15, 0.2) is 24.3 Å². The van der Waals surface area contributed by atoms with Crippen molar-refractivity contribution < 1.29 is 24.5 Å². The lowest BCUT2D eigenvalue weighted by Gasteiger charge is -2.03. The SMILES string of the molecule is O=C1c2cc([N+](=O)[O-])ccc2-c2c1cc([N+](=O)[O-])c([N+](=O)[O-])c2[N+](=O)[O-]. The van der Waals surface area contributed by atoms with Crippen molar-refractivity contribution >= 4 is 28.5 Å². The van der Waals surface area contributed by atoms with Gasteiger partial charge in [-0.15, -0.1) is 0 Å². The van der Waals surface area contributed by atoms with Crippen molar-refractivity contribution in [1.29, 1.82) is 0 Å². The molecule has 0 radical (unpaired) electrons. The Kier molecular flexibility index (Phi) is 3.42. The van der Waals surface area contributed by atoms with Crippen molar-refractivity contribution in [2.24, 2.45) is 0 Å². The molecule has 0 aliphatic heterocycles. The molecular weight excluding hydrogens is 356 g/mol. The van der Waals surface area contributed by atoms with Crippen LogP contribution in [0, 0.1) is 40.5 Å². The van der Waals surface area contributed by atoms with Crippen LogP contribution in [-0.4, -0.2) is 25.5 Å². The molecule has 1 aliphatic rings. The first kappa shape index (κ1) is 16.6. The number of nitro groups is 4. The molecule has 0 unspecified atom stereocenters. The zero-order valence-corrected chi connectivity index (χ0v) is 12.3. The van der Waals surface area contributed by atoms with Gasteiger partial charge in [0.1, 0.15) is 0 Å². The Bertz CT molecular complexity index is 1080. The van der Waals surface area contributed by atoms with Gasteiger partial charge in [0.15, 0.2) is 5.78 Å². The van der Waals surface area contributed by atoms with Gasteiger partial charge in [0.2, 0.25) is 0 Å². The van der Waals surface area contributed by atoms with Crippen LogP contribution in [-0.2, 0) is 0 Å². The van der Waals surface area contributed by atoms with Crippen LogP contribution in [0.4, 0.5) is 22.7 Å². The van der Waals surface area contributed by atoms with Crippen LogP contribution in [0.5, 0.6) is 0 Å². The van der Waals surface area contributed by atoms with Gasteiger partial charge in [-0.3, -0.25) is 45.3 Å². The van der Waals surface area contributed by atoms with E-state index in [-0.39, 0.29) is 11.1 Å². The molecule has 0 saturated heterocycles. The average molecular weight is 360 g/mol. The van der Waals surface area contributed by atoms with Gasteiger partial charge in [-0.05, 0) is 6.07 Å². The summed E-state index contributed by atoms with van der Waals surface area (Å²) in [5.74, 6) is -0.931. The number of nitro benzene ring substituents is 4. The summed E-state index contributed by atoms with van der Waals surface area (Å²) in [6.07, 6.45) is 0. The second-order valence-electron chi connectivity index (χ2n) is 5.10. The van der Waals surface area contributed by atoms with Crippen LogP contribution in [0.3, 0.4) is 0 Å². The molecule has 0 fully saturated rings. The van der Waals surface area contributed by atoms with Crippen molar-refractivity contribution in [1.82, 2.24) is 0 Å². The van der Waals surface area contributed by atoms with Gasteiger partial charge in [0.05, 0.1) is 25.3 Å². The summed E-state index contributed by atoms with van der Waals surface area (Å²) in [4.78, 5) is 52.6. The van der Waals surface area contributed by atoms with Gasteiger partial charge >= 0.3 is 17.1 Å². The summed E-state index contributed by atoms with van der Waals surface area (Å²) in [6.45, 7) is 0. The number of nitrogens with zero attached hydrogens (tertiary/aromatic N) is 4. The maximum absolute atomic E-state index is 12.5. The third-order valence-electron chi connectivity index (χ3n) is 3.79. The van der Waals surface area contributed by atoms with E-state index in [2.05, 4.69) is 0 Å². The molecule has 13 nitrogen and oxygen atoms in total. The number of carbonyl (C=O) groups excluding carboxylic acids is 1. The normalized spacial score (nSPS) is 11.6. The van der Waals surface area contributed by atoms with Gasteiger partial charge < -0.3 is 0 Å². The maximum atomic E-state index is 12.5. The van der Waals surface area contributed by atoms with Crippen molar-refractivity contribution in [2.75, 3.05) is 0 Å². The molecule has 3 rings (SSSR count). The van der Waals surface area contributed by atoms with Gasteiger partial charge in [-0.25, -0.2) is 0 Å². The second-order valence-corrected chi connectivity index (χ2v) is 5.10. The Balaban J connectivity index is 2.47. The minimum absolute atomic E-state index is 0.139. The van der Waals surface area contributed by atoms with E-state index in [1.807, 2.05) is 0 Å². The van der Waals surface area contributed by atoms with E-state index in [0.29, 0.717) is 6.07 Å². The number of benzene rings is 2. The van der Waals surface area contributed by atoms with E-state index in [9.17, 15) is 45.3 Å². The predicted molar refractivity (Wildman–Crippen MR) is 81.9 cm³/mol. The van der Waals surface area contributed by atoms with E-state index in [1.165, 1.54) is 0 Å². The third-order valence-corrected chi connectivity index (χ3v) is 3.79. The Morgan fingerprint density at radius 3 is 1.77 bits per heavy atom. The summed E-state index contributed by atoms with van der Waals surface area (Å²) in [5, 5.41) is 44.6. The lowest BCUT2D eigenvalue weighted by atomic mass is 10.0. The number of rotatable bonds is 4. The van der Waals surface area contributed by atoms with Gasteiger partial charge in [-0.2, -0.15) is 0 Å². The van der Waals surface area contributed by atoms with Crippen molar-refractivity contribution in [3.8, 4) is 11.1 Å². The Hall–Kier alpha value is -4.29. The number of carbonyl (C=O) groups is 1. The highest BCUT2D eigenvalue weighted by Crippen LogP contribution is 2.50. The third kappa shape index (κ3) is 2.15. The highest BCUT2D eigenvalue weighted by molar-refractivity contribution is 6.24. The summed E-state index contributed by atoms with van der Waals surface area (Å²) >= 11 is 0. The molecule has 0 spiro atoms. The summed E-state index contributed by atoms with van der Waals surface area (Å²) in [6, 6.07) is 3.45. The minimum Gasteiger partial charge on any atom is -0.289 e. The standard InChI is InChI=1S/C13H4N4O9/c18-13-7-3-5(14(19)20)1-2-6(7)10-8(13)4-9(15(21)22)11(16(23)24)12(10)17(25)26/h1-4H. The van der Waals surface area contributed by atoms with E-state index in [0.717, 1.165) is 18.2 Å². The lowest BCUT2D eigenvalue weighted by molar-refractivity contribution is -0.440. The van der Waals surface area contributed by atoms with Crippen LogP contribution in [0.2, 0.25) is 0 Å². The molecule has 0 aromatic heterocycles. The Morgan fingerprint density at radius 2 is 1.27 bits per heavy atom. The zero-order chi connectivity index (χ0) is 19.3. The fourth-order valence-electron chi connectivity index (χ4n) is 2.79. The molecule has 1 aliphatic carbocycles. The molecule has 2 aromatic carbocycles. The number of non-ortho nitro benzene ring substituents is 1. The molecule has 2 aromatic rings. The average Bonchev–Trinajstić information content (AvgIpc) is 2.85. The zero-order valence-electron chi connectivity index (χ0n) is 12.3. The first-order valence-corrected chi connectivity index (χ1v) is 6.62. The first-order valence-electron chi connectivity index (χ1n) is 6.62. The van der Waals surface area contributed by atoms with Crippen LogP contribution >= 0.6 is 0 Å². The largest absolute Gasteiger partial charge is 0.423 e. The van der Waals surface area contributed by atoms with Crippen LogP contribution in [0.25, 0.3) is 11.1 Å². The molecule has 0 amide bonds. The fraction of sp³-hybridized carbons (Fsp3) is 0. The molecule has 13 heteroatoms. The highest BCUT2D eigenvalue weighted by atomic mass is 16.6. The monoisotopic (exact) mass is 360 g/mol. The Labute approximate surface area is 141 Å². The number of fused-ring (bicyclic) bond motifs is 3. The van der Waals surface area contributed by atoms with Crippen LogP contribution in [0.1, 0.15) is 15.9 Å². The van der Waals surface area contributed by atoms with Gasteiger partial charge in [-0.1, -0.05) is 0 Å². The van der Waals surface area contributed by atoms with E-state index in [4.69, 9.17) is 0 Å². The number of hydrogen-bond acceptors (Lipinski definition) is 9. The summed E-state index contributed by atoms with van der Waals surface area (Å²) < 4.78 is 0. The number of ketones is 1. The molecule has 0 N–H and O–H groups in total.